The van der Waals surface area contributed by atoms with E-state index in [1.807, 2.05) is 90.6 Å². The lowest BCUT2D eigenvalue weighted by atomic mass is 10.0. The summed E-state index contributed by atoms with van der Waals surface area (Å²) in [5.74, 6) is 3.01. The molecule has 0 spiro atoms. The highest BCUT2D eigenvalue weighted by Crippen LogP contribution is 2.35. The molecule has 0 saturated heterocycles. The van der Waals surface area contributed by atoms with Crippen molar-refractivity contribution >= 4 is 22.4 Å². The Morgan fingerprint density at radius 2 is 1.84 bits per heavy atom. The first kappa shape index (κ1) is 26.9. The summed E-state index contributed by atoms with van der Waals surface area (Å²) >= 11 is 1.28. The van der Waals surface area contributed by atoms with Crippen molar-refractivity contribution in [1.29, 1.82) is 0 Å². The molecule has 0 N–H and O–H groups in total. The quantitative estimate of drug-likeness (QED) is 0.245. The van der Waals surface area contributed by atoms with Crippen molar-refractivity contribution in [2.45, 2.75) is 26.9 Å². The zero-order valence-corrected chi connectivity index (χ0v) is 24.7. The lowest BCUT2D eigenvalue weighted by Crippen LogP contribution is -2.26. The molecule has 0 saturated carbocycles. The first-order valence-electron chi connectivity index (χ1n) is 14.1. The van der Waals surface area contributed by atoms with Gasteiger partial charge in [0.2, 0.25) is 4.96 Å². The Morgan fingerprint density at radius 3 is 2.60 bits per heavy atom. The van der Waals surface area contributed by atoms with E-state index in [2.05, 4.69) is 30.0 Å². The third kappa shape index (κ3) is 5.25. The summed E-state index contributed by atoms with van der Waals surface area (Å²) in [5.41, 5.74) is 4.19. The third-order valence-electron chi connectivity index (χ3n) is 7.07. The molecule has 0 bridgehead atoms. The summed E-state index contributed by atoms with van der Waals surface area (Å²) in [4.78, 5) is 18.6. The zero-order valence-electron chi connectivity index (χ0n) is 23.9. The highest BCUT2D eigenvalue weighted by Gasteiger charge is 2.27. The number of aryl methyl sites for hydroxylation is 1. The minimum absolute atomic E-state index is 0.247. The van der Waals surface area contributed by atoms with Crippen LogP contribution in [0.3, 0.4) is 0 Å². The van der Waals surface area contributed by atoms with Gasteiger partial charge >= 0.3 is 0 Å². The van der Waals surface area contributed by atoms with Crippen molar-refractivity contribution in [3.63, 3.8) is 0 Å². The van der Waals surface area contributed by atoms with Gasteiger partial charge in [-0.3, -0.25) is 4.79 Å². The molecular weight excluding hydrogens is 562 g/mol. The fraction of sp³-hybridized carbons (Fsp3) is 0.212. The van der Waals surface area contributed by atoms with Crippen LogP contribution in [-0.2, 0) is 0 Å². The Kier molecular flexibility index (Phi) is 6.90. The Morgan fingerprint density at radius 1 is 1.05 bits per heavy atom. The first-order valence-corrected chi connectivity index (χ1v) is 14.9. The van der Waals surface area contributed by atoms with E-state index in [-0.39, 0.29) is 12.2 Å². The number of fused-ring (bicyclic) bond motifs is 2. The topological polar surface area (TPSA) is 92.8 Å². The summed E-state index contributed by atoms with van der Waals surface area (Å²) in [6.07, 6.45) is 3.30. The van der Waals surface area contributed by atoms with Gasteiger partial charge in [0.1, 0.15) is 18.1 Å². The van der Waals surface area contributed by atoms with E-state index < -0.39 is 6.10 Å². The van der Waals surface area contributed by atoms with Gasteiger partial charge in [-0.1, -0.05) is 55.5 Å². The number of hydrogen-bond acceptors (Lipinski definition) is 8. The highest BCUT2D eigenvalue weighted by molar-refractivity contribution is 7.15. The monoisotopic (exact) mass is 591 g/mol. The van der Waals surface area contributed by atoms with Gasteiger partial charge in [-0.15, -0.1) is 5.10 Å². The fourth-order valence-corrected chi connectivity index (χ4v) is 5.82. The molecule has 1 atom stereocenters. The summed E-state index contributed by atoms with van der Waals surface area (Å²) in [5, 5.41) is 9.43. The minimum atomic E-state index is -0.500. The molecule has 0 aliphatic carbocycles. The van der Waals surface area contributed by atoms with Crippen molar-refractivity contribution in [1.82, 2.24) is 24.4 Å². The molecule has 6 aromatic rings. The lowest BCUT2D eigenvalue weighted by molar-refractivity contribution is 0.0852. The summed E-state index contributed by atoms with van der Waals surface area (Å²) in [7, 11) is 0. The molecule has 3 aromatic heterocycles. The Bertz CT molecular complexity index is 2050. The zero-order chi connectivity index (χ0) is 29.5. The van der Waals surface area contributed by atoms with Gasteiger partial charge in [0.15, 0.2) is 23.4 Å². The van der Waals surface area contributed by atoms with Crippen LogP contribution in [0.5, 0.6) is 17.2 Å². The maximum Gasteiger partial charge on any atom is 0.291 e. The minimum Gasteiger partial charge on any atom is -0.493 e. The lowest BCUT2D eigenvalue weighted by Gasteiger charge is -2.24. The molecule has 7 rings (SSSR count). The maximum absolute atomic E-state index is 13.5. The summed E-state index contributed by atoms with van der Waals surface area (Å²) in [6.45, 7) is 7.20. The molecule has 0 amide bonds. The fourth-order valence-electron chi connectivity index (χ4n) is 4.92. The number of rotatable bonds is 7. The SMILES string of the molecule is Cc1cc(-c2nn(-c3ccccc3)cc2C=c2sc3nc(C4COc5ccccc5O4)nn3c2=O)ccc1OCC(C)C. The van der Waals surface area contributed by atoms with Crippen LogP contribution in [-0.4, -0.2) is 37.6 Å². The van der Waals surface area contributed by atoms with Crippen LogP contribution >= 0.6 is 11.3 Å². The molecule has 9 nitrogen and oxygen atoms in total. The van der Waals surface area contributed by atoms with Crippen LogP contribution in [0.15, 0.2) is 83.8 Å². The second-order valence-electron chi connectivity index (χ2n) is 10.8. The van der Waals surface area contributed by atoms with Crippen LogP contribution in [0, 0.1) is 12.8 Å². The number of para-hydroxylation sites is 3. The van der Waals surface area contributed by atoms with Crippen molar-refractivity contribution in [2.75, 3.05) is 13.2 Å². The van der Waals surface area contributed by atoms with Crippen molar-refractivity contribution in [2.24, 2.45) is 5.92 Å². The smallest absolute Gasteiger partial charge is 0.291 e. The van der Waals surface area contributed by atoms with Crippen LogP contribution in [0.4, 0.5) is 0 Å². The van der Waals surface area contributed by atoms with Gasteiger partial charge in [-0.2, -0.15) is 14.6 Å². The van der Waals surface area contributed by atoms with E-state index in [4.69, 9.17) is 19.3 Å². The van der Waals surface area contributed by atoms with E-state index in [9.17, 15) is 4.79 Å². The molecule has 216 valence electrons. The number of benzene rings is 3. The molecule has 1 aliphatic rings. The maximum atomic E-state index is 13.5. The van der Waals surface area contributed by atoms with Gasteiger partial charge < -0.3 is 14.2 Å². The van der Waals surface area contributed by atoms with Gasteiger partial charge in [-0.25, -0.2) is 4.68 Å². The van der Waals surface area contributed by atoms with E-state index >= 15 is 0 Å². The van der Waals surface area contributed by atoms with Gasteiger partial charge in [0.05, 0.1) is 16.8 Å². The average Bonchev–Trinajstić information content (AvgIpc) is 3.71. The van der Waals surface area contributed by atoms with Crippen LogP contribution < -0.4 is 24.3 Å². The van der Waals surface area contributed by atoms with E-state index in [1.165, 1.54) is 15.9 Å². The molecule has 3 aromatic carbocycles. The van der Waals surface area contributed by atoms with E-state index in [0.717, 1.165) is 33.8 Å². The van der Waals surface area contributed by atoms with Crippen molar-refractivity contribution in [3.05, 3.63) is 111 Å². The Labute approximate surface area is 251 Å². The van der Waals surface area contributed by atoms with Gasteiger partial charge in [0.25, 0.3) is 5.56 Å². The van der Waals surface area contributed by atoms with Gasteiger partial charge in [-0.05, 0) is 66.9 Å². The molecule has 1 aliphatic heterocycles. The number of nitrogens with zero attached hydrogens (tertiary/aromatic N) is 5. The largest absolute Gasteiger partial charge is 0.493 e. The molecule has 10 heteroatoms. The Balaban J connectivity index is 1.26. The number of ether oxygens (including phenoxy) is 3. The highest BCUT2D eigenvalue weighted by atomic mass is 32.1. The number of thiazole rings is 1. The molecular formula is C33H29N5O4S. The van der Waals surface area contributed by atoms with Crippen molar-refractivity contribution in [3.8, 4) is 34.2 Å². The molecule has 43 heavy (non-hydrogen) atoms. The van der Waals surface area contributed by atoms with Crippen molar-refractivity contribution < 1.29 is 14.2 Å². The number of aromatic nitrogens is 5. The first-order chi connectivity index (χ1) is 20.9. The predicted molar refractivity (Wildman–Crippen MR) is 165 cm³/mol. The predicted octanol–water partition coefficient (Wildman–Crippen LogP) is 5.41. The van der Waals surface area contributed by atoms with Gasteiger partial charge in [0, 0.05) is 17.3 Å². The van der Waals surface area contributed by atoms with Crippen LogP contribution in [0.25, 0.3) is 28.0 Å². The molecule has 0 radical (unpaired) electrons. The summed E-state index contributed by atoms with van der Waals surface area (Å²) < 4.78 is 21.5. The second-order valence-corrected chi connectivity index (χ2v) is 11.9. The molecule has 4 heterocycles. The number of hydrogen-bond donors (Lipinski definition) is 0. The van der Waals surface area contributed by atoms with E-state index in [1.54, 1.807) is 0 Å². The average molecular weight is 592 g/mol. The normalized spacial score (nSPS) is 15.0. The molecule has 1 unspecified atom stereocenters. The molecule has 0 fully saturated rings. The summed E-state index contributed by atoms with van der Waals surface area (Å²) in [6, 6.07) is 23.4. The standard InChI is InChI=1S/C33H29N5O4S/c1-20(2)18-40-25-14-13-22(15-21(25)3)30-23(17-37(35-30)24-9-5-4-6-10-24)16-29-32(39)38-33(43-29)34-31(36-38)28-19-41-26-11-7-8-12-27(26)42-28/h4-17,20,28H,18-19H2,1-3H3. The van der Waals surface area contributed by atoms with E-state index in [0.29, 0.717) is 39.3 Å². The Hall–Kier alpha value is -4.96. The second kappa shape index (κ2) is 11.0. The van der Waals surface area contributed by atoms with Crippen LogP contribution in [0.2, 0.25) is 0 Å². The third-order valence-corrected chi connectivity index (χ3v) is 8.02. The van der Waals surface area contributed by atoms with Crippen LogP contribution in [0.1, 0.15) is 36.9 Å².